The van der Waals surface area contributed by atoms with Crippen molar-refractivity contribution >= 4 is 29.1 Å². The normalized spacial score (nSPS) is 15.2. The van der Waals surface area contributed by atoms with E-state index >= 15 is 0 Å². The van der Waals surface area contributed by atoms with Crippen LogP contribution in [0.2, 0.25) is 0 Å². The second-order valence-corrected chi connectivity index (χ2v) is 6.46. The summed E-state index contributed by atoms with van der Waals surface area (Å²) in [5.41, 5.74) is 1.51. The molecule has 148 valence electrons. The van der Waals surface area contributed by atoms with E-state index in [0.29, 0.717) is 35.5 Å². The number of anilines is 2. The van der Waals surface area contributed by atoms with Gasteiger partial charge in [-0.1, -0.05) is 24.1 Å². The molecule has 0 spiro atoms. The monoisotopic (exact) mass is 391 g/mol. The third kappa shape index (κ3) is 5.21. The van der Waals surface area contributed by atoms with Gasteiger partial charge >= 0.3 is 0 Å². The molecule has 1 atom stereocenters. The van der Waals surface area contributed by atoms with Gasteiger partial charge in [0.2, 0.25) is 0 Å². The number of ether oxygens (including phenoxy) is 1. The fraction of sp³-hybridized carbons (Fsp3) is 0.227. The van der Waals surface area contributed by atoms with Crippen LogP contribution in [0.1, 0.15) is 33.6 Å². The van der Waals surface area contributed by atoms with E-state index in [-0.39, 0.29) is 18.4 Å². The Morgan fingerprint density at radius 1 is 1.07 bits per heavy atom. The molecular formula is C22H21N3O4. The van der Waals surface area contributed by atoms with Gasteiger partial charge in [-0.25, -0.2) is 0 Å². The minimum absolute atomic E-state index is 0.0908. The van der Waals surface area contributed by atoms with Crippen molar-refractivity contribution in [3.63, 3.8) is 0 Å². The summed E-state index contributed by atoms with van der Waals surface area (Å²) in [7, 11) is 0. The predicted octanol–water partition coefficient (Wildman–Crippen LogP) is 2.42. The lowest BCUT2D eigenvalue weighted by atomic mass is 10.1. The largest absolute Gasteiger partial charge is 0.368 e. The van der Waals surface area contributed by atoms with E-state index in [1.165, 1.54) is 0 Å². The van der Waals surface area contributed by atoms with Crippen LogP contribution in [0.3, 0.4) is 0 Å². The molecule has 0 bridgehead atoms. The zero-order chi connectivity index (χ0) is 20.6. The van der Waals surface area contributed by atoms with E-state index in [1.807, 2.05) is 0 Å². The minimum Gasteiger partial charge on any atom is -0.368 e. The summed E-state index contributed by atoms with van der Waals surface area (Å²) in [6, 6.07) is 13.2. The highest BCUT2D eigenvalue weighted by Crippen LogP contribution is 2.19. The van der Waals surface area contributed by atoms with E-state index in [1.54, 1.807) is 48.5 Å². The Balaban J connectivity index is 1.71. The molecule has 7 nitrogen and oxygen atoms in total. The number of nitrogens with one attached hydrogen (secondary N) is 3. The number of hydrogen-bond acceptors (Lipinski definition) is 4. The Morgan fingerprint density at radius 2 is 1.90 bits per heavy atom. The molecule has 1 unspecified atom stereocenters. The van der Waals surface area contributed by atoms with Crippen LogP contribution in [0.5, 0.6) is 0 Å². The number of terminal acetylenes is 1. The minimum atomic E-state index is -0.458. The lowest BCUT2D eigenvalue weighted by Gasteiger charge is -2.13. The Kier molecular flexibility index (Phi) is 6.61. The third-order valence-electron chi connectivity index (χ3n) is 4.39. The summed E-state index contributed by atoms with van der Waals surface area (Å²) < 4.78 is 5.37. The van der Waals surface area contributed by atoms with Gasteiger partial charge in [-0.05, 0) is 43.2 Å². The molecule has 0 radical (unpaired) electrons. The summed E-state index contributed by atoms with van der Waals surface area (Å²) in [6.45, 7) is 0.669. The van der Waals surface area contributed by atoms with Gasteiger partial charge in [-0.3, -0.25) is 14.4 Å². The number of rotatable bonds is 6. The van der Waals surface area contributed by atoms with Crippen molar-refractivity contribution in [1.82, 2.24) is 5.32 Å². The summed E-state index contributed by atoms with van der Waals surface area (Å²) in [4.78, 5) is 37.1. The summed E-state index contributed by atoms with van der Waals surface area (Å²) in [5, 5.41) is 8.07. The molecule has 3 rings (SSSR count). The molecule has 0 saturated carbocycles. The number of carbonyl (C=O) groups is 3. The van der Waals surface area contributed by atoms with Crippen LogP contribution in [0.15, 0.2) is 48.5 Å². The number of para-hydroxylation sites is 1. The molecule has 29 heavy (non-hydrogen) atoms. The van der Waals surface area contributed by atoms with Gasteiger partial charge in [0.15, 0.2) is 0 Å². The Labute approximate surface area is 168 Å². The molecule has 1 aliphatic rings. The third-order valence-corrected chi connectivity index (χ3v) is 4.39. The van der Waals surface area contributed by atoms with Crippen LogP contribution < -0.4 is 16.0 Å². The highest BCUT2D eigenvalue weighted by Gasteiger charge is 2.23. The molecule has 7 heteroatoms. The fourth-order valence-corrected chi connectivity index (χ4v) is 2.96. The molecule has 1 heterocycles. The van der Waals surface area contributed by atoms with Gasteiger partial charge in [0.1, 0.15) is 6.10 Å². The molecule has 2 aromatic carbocycles. The van der Waals surface area contributed by atoms with E-state index in [9.17, 15) is 14.4 Å². The Morgan fingerprint density at radius 3 is 2.66 bits per heavy atom. The average Bonchev–Trinajstić information content (AvgIpc) is 3.28. The lowest BCUT2D eigenvalue weighted by molar-refractivity contribution is -0.124. The fourth-order valence-electron chi connectivity index (χ4n) is 2.96. The maximum Gasteiger partial charge on any atom is 0.255 e. The molecule has 1 aliphatic heterocycles. The first-order valence-corrected chi connectivity index (χ1v) is 9.23. The van der Waals surface area contributed by atoms with Crippen molar-refractivity contribution in [3.8, 4) is 12.3 Å². The van der Waals surface area contributed by atoms with Crippen LogP contribution >= 0.6 is 0 Å². The predicted molar refractivity (Wildman–Crippen MR) is 110 cm³/mol. The van der Waals surface area contributed by atoms with Gasteiger partial charge in [-0.2, -0.15) is 0 Å². The smallest absolute Gasteiger partial charge is 0.255 e. The average molecular weight is 391 g/mol. The topological polar surface area (TPSA) is 96.5 Å². The van der Waals surface area contributed by atoms with Crippen molar-refractivity contribution in [2.45, 2.75) is 18.9 Å². The summed E-state index contributed by atoms with van der Waals surface area (Å²) in [6.07, 6.45) is 6.25. The molecule has 1 saturated heterocycles. The molecule has 0 aliphatic carbocycles. The highest BCUT2D eigenvalue weighted by atomic mass is 16.5. The van der Waals surface area contributed by atoms with Crippen LogP contribution in [0.4, 0.5) is 11.4 Å². The van der Waals surface area contributed by atoms with E-state index in [4.69, 9.17) is 11.2 Å². The maximum absolute atomic E-state index is 12.7. The van der Waals surface area contributed by atoms with Crippen molar-refractivity contribution in [1.29, 1.82) is 0 Å². The van der Waals surface area contributed by atoms with E-state index in [0.717, 1.165) is 6.42 Å². The van der Waals surface area contributed by atoms with Crippen LogP contribution in [-0.4, -0.2) is 37.0 Å². The van der Waals surface area contributed by atoms with Gasteiger partial charge in [0, 0.05) is 17.9 Å². The molecule has 1 fully saturated rings. The quantitative estimate of drug-likeness (QED) is 0.659. The van der Waals surface area contributed by atoms with E-state index in [2.05, 4.69) is 21.9 Å². The van der Waals surface area contributed by atoms with Crippen LogP contribution in [0.25, 0.3) is 0 Å². The van der Waals surface area contributed by atoms with Crippen molar-refractivity contribution in [2.24, 2.45) is 0 Å². The Bertz CT molecular complexity index is 959. The van der Waals surface area contributed by atoms with Gasteiger partial charge in [-0.15, -0.1) is 6.42 Å². The SMILES string of the molecule is C#CCNC(=O)c1ccccc1NC(=O)c1cccc(NC(=O)C2CCCO2)c1. The molecule has 0 aromatic heterocycles. The first-order chi connectivity index (χ1) is 14.1. The van der Waals surface area contributed by atoms with Crippen molar-refractivity contribution in [3.05, 3.63) is 59.7 Å². The molecule has 3 amide bonds. The summed E-state index contributed by atoms with van der Waals surface area (Å²) >= 11 is 0. The summed E-state index contributed by atoms with van der Waals surface area (Å²) in [5.74, 6) is 1.32. The maximum atomic E-state index is 12.7. The number of amides is 3. The Hall–Kier alpha value is -3.63. The number of benzene rings is 2. The van der Waals surface area contributed by atoms with Crippen LogP contribution in [0, 0.1) is 12.3 Å². The number of carbonyl (C=O) groups excluding carboxylic acids is 3. The second kappa shape index (κ2) is 9.53. The zero-order valence-corrected chi connectivity index (χ0v) is 15.7. The standard InChI is InChI=1S/C22H21N3O4/c1-2-12-23-21(27)17-9-3-4-10-18(17)25-20(26)15-7-5-8-16(14-15)24-22(28)19-11-6-13-29-19/h1,3-5,7-10,14,19H,6,11-13H2,(H,23,27)(H,24,28)(H,25,26). The van der Waals surface area contributed by atoms with Crippen LogP contribution in [-0.2, 0) is 9.53 Å². The second-order valence-electron chi connectivity index (χ2n) is 6.46. The first kappa shape index (κ1) is 20.1. The van der Waals surface area contributed by atoms with Gasteiger partial charge in [0.25, 0.3) is 17.7 Å². The van der Waals surface area contributed by atoms with Gasteiger partial charge in [0.05, 0.1) is 17.8 Å². The zero-order valence-electron chi connectivity index (χ0n) is 15.7. The first-order valence-electron chi connectivity index (χ1n) is 9.23. The van der Waals surface area contributed by atoms with E-state index < -0.39 is 12.0 Å². The highest BCUT2D eigenvalue weighted by molar-refractivity contribution is 6.09. The lowest BCUT2D eigenvalue weighted by Crippen LogP contribution is -2.27. The van der Waals surface area contributed by atoms with Crippen molar-refractivity contribution in [2.75, 3.05) is 23.8 Å². The number of hydrogen-bond donors (Lipinski definition) is 3. The molecule has 3 N–H and O–H groups in total. The molecule has 2 aromatic rings. The van der Waals surface area contributed by atoms with Gasteiger partial charge < -0.3 is 20.7 Å². The molecular weight excluding hydrogens is 370 g/mol. The van der Waals surface area contributed by atoms with Crippen molar-refractivity contribution < 1.29 is 19.1 Å².